The fourth-order valence-corrected chi connectivity index (χ4v) is 3.62. The molecular formula is C17H30O3. The largest absolute Gasteiger partial charge is 0.466 e. The van der Waals surface area contributed by atoms with Crippen molar-refractivity contribution < 1.29 is 14.3 Å². The molecule has 0 aliphatic heterocycles. The van der Waals surface area contributed by atoms with Gasteiger partial charge in [0.25, 0.3) is 0 Å². The summed E-state index contributed by atoms with van der Waals surface area (Å²) in [6.07, 6.45) is 7.76. The molecule has 0 N–H and O–H groups in total. The second-order valence-corrected chi connectivity index (χ2v) is 6.94. The van der Waals surface area contributed by atoms with Gasteiger partial charge in [0.2, 0.25) is 0 Å². The van der Waals surface area contributed by atoms with Crippen molar-refractivity contribution in [3.63, 3.8) is 0 Å². The van der Waals surface area contributed by atoms with Crippen LogP contribution >= 0.6 is 0 Å². The first-order valence-electron chi connectivity index (χ1n) is 7.96. The van der Waals surface area contributed by atoms with E-state index < -0.39 is 0 Å². The van der Waals surface area contributed by atoms with Crippen LogP contribution in [0.5, 0.6) is 0 Å². The Hall–Kier alpha value is -0.860. The molecule has 1 aliphatic carbocycles. The van der Waals surface area contributed by atoms with Gasteiger partial charge in [-0.15, -0.1) is 0 Å². The van der Waals surface area contributed by atoms with E-state index in [1.54, 1.807) is 0 Å². The van der Waals surface area contributed by atoms with Crippen molar-refractivity contribution >= 4 is 12.3 Å². The van der Waals surface area contributed by atoms with Gasteiger partial charge >= 0.3 is 5.97 Å². The van der Waals surface area contributed by atoms with E-state index in [9.17, 15) is 9.59 Å². The highest BCUT2D eigenvalue weighted by atomic mass is 16.5. The molecule has 0 aromatic rings. The molecular weight excluding hydrogens is 252 g/mol. The number of aldehydes is 1. The Bertz CT molecular complexity index is 335. The highest BCUT2D eigenvalue weighted by molar-refractivity contribution is 5.69. The molecule has 0 saturated heterocycles. The summed E-state index contributed by atoms with van der Waals surface area (Å²) < 4.78 is 4.94. The van der Waals surface area contributed by atoms with Gasteiger partial charge in [-0.05, 0) is 49.4 Å². The Labute approximate surface area is 123 Å². The van der Waals surface area contributed by atoms with Crippen molar-refractivity contribution in [3.05, 3.63) is 0 Å². The quantitative estimate of drug-likeness (QED) is 0.382. The minimum Gasteiger partial charge on any atom is -0.466 e. The van der Waals surface area contributed by atoms with Crippen LogP contribution in [0.1, 0.15) is 72.6 Å². The zero-order valence-corrected chi connectivity index (χ0v) is 13.5. The standard InChI is InChI=1S/C17H30O3/c1-5-20-15(19)9-7-6-8-14-10-11-17(4,12-13-18)16(14,2)3/h13-14H,5-12H2,1-4H3. The Kier molecular flexibility index (Phi) is 6.22. The molecule has 0 spiro atoms. The third-order valence-electron chi connectivity index (χ3n) is 5.64. The molecule has 20 heavy (non-hydrogen) atoms. The van der Waals surface area contributed by atoms with Gasteiger partial charge in [-0.2, -0.15) is 0 Å². The maximum Gasteiger partial charge on any atom is 0.305 e. The van der Waals surface area contributed by atoms with E-state index in [4.69, 9.17) is 4.74 Å². The second-order valence-electron chi connectivity index (χ2n) is 6.94. The summed E-state index contributed by atoms with van der Waals surface area (Å²) in [4.78, 5) is 22.2. The van der Waals surface area contributed by atoms with Crippen LogP contribution in [0.4, 0.5) is 0 Å². The van der Waals surface area contributed by atoms with Gasteiger partial charge < -0.3 is 9.53 Å². The molecule has 1 aliphatic rings. The van der Waals surface area contributed by atoms with E-state index in [0.29, 0.717) is 25.4 Å². The molecule has 116 valence electrons. The average molecular weight is 282 g/mol. The lowest BCUT2D eigenvalue weighted by molar-refractivity contribution is -0.143. The van der Waals surface area contributed by atoms with Gasteiger partial charge in [-0.25, -0.2) is 0 Å². The maximum atomic E-state index is 11.3. The maximum absolute atomic E-state index is 11.3. The fraction of sp³-hybridized carbons (Fsp3) is 0.882. The van der Waals surface area contributed by atoms with Gasteiger partial charge in [-0.1, -0.05) is 27.2 Å². The van der Waals surface area contributed by atoms with Gasteiger partial charge in [0.15, 0.2) is 0 Å². The molecule has 1 fully saturated rings. The number of hydrogen-bond donors (Lipinski definition) is 0. The van der Waals surface area contributed by atoms with E-state index in [2.05, 4.69) is 20.8 Å². The first kappa shape index (κ1) is 17.2. The zero-order valence-electron chi connectivity index (χ0n) is 13.5. The molecule has 0 radical (unpaired) electrons. The van der Waals surface area contributed by atoms with E-state index in [1.807, 2.05) is 6.92 Å². The molecule has 1 saturated carbocycles. The van der Waals surface area contributed by atoms with E-state index in [0.717, 1.165) is 32.0 Å². The van der Waals surface area contributed by atoms with E-state index >= 15 is 0 Å². The van der Waals surface area contributed by atoms with Crippen LogP contribution in [0.3, 0.4) is 0 Å². The van der Waals surface area contributed by atoms with E-state index in [-0.39, 0.29) is 16.8 Å². The first-order chi connectivity index (χ1) is 9.37. The first-order valence-corrected chi connectivity index (χ1v) is 7.96. The van der Waals surface area contributed by atoms with Crippen molar-refractivity contribution in [2.75, 3.05) is 6.61 Å². The van der Waals surface area contributed by atoms with Crippen molar-refractivity contribution in [3.8, 4) is 0 Å². The second kappa shape index (κ2) is 7.24. The third kappa shape index (κ3) is 3.83. The van der Waals surface area contributed by atoms with Crippen molar-refractivity contribution in [2.45, 2.75) is 72.6 Å². The molecule has 0 bridgehead atoms. The molecule has 0 heterocycles. The Morgan fingerprint density at radius 2 is 2.00 bits per heavy atom. The number of hydrogen-bond acceptors (Lipinski definition) is 3. The molecule has 3 heteroatoms. The molecule has 2 atom stereocenters. The van der Waals surface area contributed by atoms with Crippen LogP contribution in [-0.2, 0) is 14.3 Å². The predicted octanol–water partition coefficient (Wildman–Crippen LogP) is 4.14. The van der Waals surface area contributed by atoms with Gasteiger partial charge in [0.1, 0.15) is 6.29 Å². The van der Waals surface area contributed by atoms with Crippen molar-refractivity contribution in [2.24, 2.45) is 16.7 Å². The predicted molar refractivity (Wildman–Crippen MR) is 80.4 cm³/mol. The van der Waals surface area contributed by atoms with Crippen LogP contribution in [0.2, 0.25) is 0 Å². The van der Waals surface area contributed by atoms with Crippen LogP contribution in [-0.4, -0.2) is 18.9 Å². The average Bonchev–Trinajstić information content (AvgIpc) is 2.58. The molecule has 0 amide bonds. The molecule has 1 rings (SSSR count). The van der Waals surface area contributed by atoms with Crippen LogP contribution < -0.4 is 0 Å². The SMILES string of the molecule is CCOC(=O)CCCCC1CCC(C)(CC=O)C1(C)C. The van der Waals surface area contributed by atoms with Crippen LogP contribution in [0.15, 0.2) is 0 Å². The van der Waals surface area contributed by atoms with Crippen LogP contribution in [0.25, 0.3) is 0 Å². The summed E-state index contributed by atoms with van der Waals surface area (Å²) in [7, 11) is 0. The lowest BCUT2D eigenvalue weighted by Gasteiger charge is -2.41. The molecule has 0 aromatic carbocycles. The Morgan fingerprint density at radius 1 is 1.30 bits per heavy atom. The summed E-state index contributed by atoms with van der Waals surface area (Å²) in [5.41, 5.74) is 0.346. The highest BCUT2D eigenvalue weighted by Gasteiger charge is 2.50. The number of rotatable bonds is 8. The third-order valence-corrected chi connectivity index (χ3v) is 5.64. The van der Waals surface area contributed by atoms with Gasteiger partial charge in [0, 0.05) is 12.8 Å². The van der Waals surface area contributed by atoms with Gasteiger partial charge in [0.05, 0.1) is 6.61 Å². The number of unbranched alkanes of at least 4 members (excludes halogenated alkanes) is 1. The number of esters is 1. The normalized spacial score (nSPS) is 28.3. The number of carbonyl (C=O) groups is 2. The molecule has 2 unspecified atom stereocenters. The minimum absolute atomic E-state index is 0.0797. The topological polar surface area (TPSA) is 43.4 Å². The molecule has 0 aromatic heterocycles. The van der Waals surface area contributed by atoms with Crippen molar-refractivity contribution in [1.29, 1.82) is 0 Å². The van der Waals surface area contributed by atoms with Crippen LogP contribution in [0, 0.1) is 16.7 Å². The minimum atomic E-state index is -0.0797. The summed E-state index contributed by atoms with van der Waals surface area (Å²) in [5, 5.41) is 0. The van der Waals surface area contributed by atoms with Gasteiger partial charge in [-0.3, -0.25) is 4.79 Å². The summed E-state index contributed by atoms with van der Waals surface area (Å²) in [5.74, 6) is 0.582. The lowest BCUT2D eigenvalue weighted by Crippen LogP contribution is -2.34. The lowest BCUT2D eigenvalue weighted by atomic mass is 9.63. The summed E-state index contributed by atoms with van der Waals surface area (Å²) in [6.45, 7) is 9.17. The highest BCUT2D eigenvalue weighted by Crippen LogP contribution is 2.58. The van der Waals surface area contributed by atoms with E-state index in [1.165, 1.54) is 6.42 Å². The van der Waals surface area contributed by atoms with Crippen molar-refractivity contribution in [1.82, 2.24) is 0 Å². The fourth-order valence-electron chi connectivity index (χ4n) is 3.62. The Morgan fingerprint density at radius 3 is 2.60 bits per heavy atom. The molecule has 3 nitrogen and oxygen atoms in total. The summed E-state index contributed by atoms with van der Waals surface area (Å²) in [6, 6.07) is 0. The number of ether oxygens (including phenoxy) is 1. The summed E-state index contributed by atoms with van der Waals surface area (Å²) >= 11 is 0. The zero-order chi connectivity index (χ0) is 15.2. The number of carbonyl (C=O) groups excluding carboxylic acids is 2. The Balaban J connectivity index is 2.38. The monoisotopic (exact) mass is 282 g/mol. The smallest absolute Gasteiger partial charge is 0.305 e.